The molecule has 1 amide bonds. The number of fused-ring (bicyclic) bond motifs is 3. The van der Waals surface area contributed by atoms with Crippen molar-refractivity contribution in [3.63, 3.8) is 0 Å². The van der Waals surface area contributed by atoms with Crippen molar-refractivity contribution in [2.24, 2.45) is 5.92 Å². The summed E-state index contributed by atoms with van der Waals surface area (Å²) in [5.41, 5.74) is 0.970. The smallest absolute Gasteiger partial charge is 0.297 e. The molecule has 0 saturated carbocycles. The average molecular weight is 313 g/mol. The third-order valence-electron chi connectivity index (χ3n) is 4.05. The Morgan fingerprint density at radius 1 is 1.30 bits per heavy atom. The molecule has 0 aliphatic carbocycles. The Bertz CT molecular complexity index is 924. The topological polar surface area (TPSA) is 77.1 Å². The lowest BCUT2D eigenvalue weighted by atomic mass is 10.1. The first-order valence-corrected chi connectivity index (χ1v) is 7.63. The highest BCUT2D eigenvalue weighted by Crippen LogP contribution is 2.23. The SMILES string of the molecule is CC(C)[C@@H](C)NC(=O)Cn1cnc2c(oc3ccccc32)c1=O. The first kappa shape index (κ1) is 15.3. The van der Waals surface area contributed by atoms with Crippen LogP contribution in [0.15, 0.2) is 39.8 Å². The summed E-state index contributed by atoms with van der Waals surface area (Å²) in [6, 6.07) is 7.39. The maximum absolute atomic E-state index is 12.5. The predicted molar refractivity (Wildman–Crippen MR) is 88.2 cm³/mol. The lowest BCUT2D eigenvalue weighted by Gasteiger charge is -2.17. The van der Waals surface area contributed by atoms with Crippen LogP contribution in [0.25, 0.3) is 22.1 Å². The molecular weight excluding hydrogens is 294 g/mol. The molecule has 23 heavy (non-hydrogen) atoms. The van der Waals surface area contributed by atoms with Gasteiger partial charge in [0.1, 0.15) is 17.6 Å². The Balaban J connectivity index is 1.93. The minimum Gasteiger partial charge on any atom is -0.448 e. The quantitative estimate of drug-likeness (QED) is 0.802. The standard InChI is InChI=1S/C17H19N3O3/c1-10(2)11(3)19-14(21)8-20-9-18-15-12-6-4-5-7-13(12)23-16(15)17(20)22/h4-7,9-11H,8H2,1-3H3,(H,19,21)/t11-/m1/s1. The summed E-state index contributed by atoms with van der Waals surface area (Å²) in [6.45, 7) is 5.92. The summed E-state index contributed by atoms with van der Waals surface area (Å²) in [5.74, 6) is 0.109. The minimum atomic E-state index is -0.349. The van der Waals surface area contributed by atoms with Gasteiger partial charge >= 0.3 is 0 Å². The summed E-state index contributed by atoms with van der Waals surface area (Å²) < 4.78 is 6.87. The highest BCUT2D eigenvalue weighted by molar-refractivity contribution is 6.01. The molecule has 0 unspecified atom stereocenters. The molecule has 3 aromatic rings. The molecule has 0 spiro atoms. The van der Waals surface area contributed by atoms with Crippen molar-refractivity contribution in [1.82, 2.24) is 14.9 Å². The van der Waals surface area contributed by atoms with Gasteiger partial charge in [0, 0.05) is 11.4 Å². The lowest BCUT2D eigenvalue weighted by molar-refractivity contribution is -0.122. The van der Waals surface area contributed by atoms with Gasteiger partial charge in [-0.3, -0.25) is 14.2 Å². The summed E-state index contributed by atoms with van der Waals surface area (Å²) in [4.78, 5) is 28.8. The third kappa shape index (κ3) is 2.84. The van der Waals surface area contributed by atoms with Gasteiger partial charge in [0.15, 0.2) is 0 Å². The number of rotatable bonds is 4. The van der Waals surface area contributed by atoms with Crippen molar-refractivity contribution in [2.75, 3.05) is 0 Å². The second-order valence-electron chi connectivity index (χ2n) is 6.05. The van der Waals surface area contributed by atoms with Crippen LogP contribution in [0.4, 0.5) is 0 Å². The lowest BCUT2D eigenvalue weighted by Crippen LogP contribution is -2.39. The summed E-state index contributed by atoms with van der Waals surface area (Å²) in [7, 11) is 0. The van der Waals surface area contributed by atoms with E-state index in [0.29, 0.717) is 17.0 Å². The van der Waals surface area contributed by atoms with Gasteiger partial charge in [0.05, 0.1) is 6.33 Å². The van der Waals surface area contributed by atoms with Gasteiger partial charge in [-0.1, -0.05) is 26.0 Å². The molecule has 0 aliphatic rings. The number of aromatic nitrogens is 2. The van der Waals surface area contributed by atoms with E-state index < -0.39 is 0 Å². The van der Waals surface area contributed by atoms with Crippen LogP contribution in [0.5, 0.6) is 0 Å². The zero-order valence-electron chi connectivity index (χ0n) is 13.4. The van der Waals surface area contributed by atoms with E-state index in [2.05, 4.69) is 10.3 Å². The number of carbonyl (C=O) groups excluding carboxylic acids is 1. The molecule has 6 nitrogen and oxygen atoms in total. The molecule has 1 N–H and O–H groups in total. The van der Waals surface area contributed by atoms with Gasteiger partial charge in [-0.15, -0.1) is 0 Å². The number of para-hydroxylation sites is 1. The van der Waals surface area contributed by atoms with Crippen LogP contribution in [-0.2, 0) is 11.3 Å². The Morgan fingerprint density at radius 2 is 2.04 bits per heavy atom. The molecule has 6 heteroatoms. The number of carbonyl (C=O) groups is 1. The maximum atomic E-state index is 12.5. The van der Waals surface area contributed by atoms with E-state index in [1.165, 1.54) is 10.9 Å². The van der Waals surface area contributed by atoms with Gasteiger partial charge in [-0.2, -0.15) is 0 Å². The molecule has 2 aromatic heterocycles. The van der Waals surface area contributed by atoms with Crippen LogP contribution >= 0.6 is 0 Å². The van der Waals surface area contributed by atoms with E-state index in [0.717, 1.165) is 5.39 Å². The van der Waals surface area contributed by atoms with Crippen molar-refractivity contribution in [3.05, 3.63) is 40.9 Å². The predicted octanol–water partition coefficient (Wildman–Crippen LogP) is 2.30. The van der Waals surface area contributed by atoms with Crippen molar-refractivity contribution >= 4 is 28.0 Å². The molecule has 1 atom stereocenters. The first-order chi connectivity index (χ1) is 11.0. The van der Waals surface area contributed by atoms with Crippen molar-refractivity contribution < 1.29 is 9.21 Å². The molecule has 120 valence electrons. The molecule has 0 bridgehead atoms. The fourth-order valence-corrected chi connectivity index (χ4v) is 2.35. The van der Waals surface area contributed by atoms with Crippen LogP contribution in [0.3, 0.4) is 0 Å². The average Bonchev–Trinajstić information content (AvgIpc) is 2.89. The van der Waals surface area contributed by atoms with E-state index in [1.54, 1.807) is 6.07 Å². The molecule has 0 aliphatic heterocycles. The Labute approximate surface area is 133 Å². The van der Waals surface area contributed by atoms with Crippen molar-refractivity contribution in [3.8, 4) is 0 Å². The van der Waals surface area contributed by atoms with E-state index in [-0.39, 0.29) is 29.6 Å². The van der Waals surface area contributed by atoms with E-state index in [4.69, 9.17) is 4.42 Å². The van der Waals surface area contributed by atoms with Crippen LogP contribution in [0.1, 0.15) is 20.8 Å². The van der Waals surface area contributed by atoms with Gasteiger partial charge in [0.2, 0.25) is 11.5 Å². The first-order valence-electron chi connectivity index (χ1n) is 7.63. The molecule has 0 fully saturated rings. The van der Waals surface area contributed by atoms with Gasteiger partial charge in [0.25, 0.3) is 5.56 Å². The number of furan rings is 1. The van der Waals surface area contributed by atoms with Gasteiger partial charge < -0.3 is 9.73 Å². The number of benzene rings is 1. The molecular formula is C17H19N3O3. The Hall–Kier alpha value is -2.63. The van der Waals surface area contributed by atoms with Gasteiger partial charge in [-0.25, -0.2) is 4.98 Å². The zero-order chi connectivity index (χ0) is 16.6. The number of nitrogens with one attached hydrogen (secondary N) is 1. The highest BCUT2D eigenvalue weighted by Gasteiger charge is 2.16. The van der Waals surface area contributed by atoms with Crippen LogP contribution in [0, 0.1) is 5.92 Å². The second-order valence-corrected chi connectivity index (χ2v) is 6.05. The Morgan fingerprint density at radius 3 is 2.78 bits per heavy atom. The zero-order valence-corrected chi connectivity index (χ0v) is 13.4. The van der Waals surface area contributed by atoms with E-state index in [9.17, 15) is 9.59 Å². The van der Waals surface area contributed by atoms with E-state index in [1.807, 2.05) is 39.0 Å². The highest BCUT2D eigenvalue weighted by atomic mass is 16.3. The summed E-state index contributed by atoms with van der Waals surface area (Å²) in [5, 5.41) is 3.67. The van der Waals surface area contributed by atoms with Gasteiger partial charge in [-0.05, 0) is 25.0 Å². The third-order valence-corrected chi connectivity index (χ3v) is 4.05. The van der Waals surface area contributed by atoms with Crippen LogP contribution in [0.2, 0.25) is 0 Å². The largest absolute Gasteiger partial charge is 0.448 e. The normalized spacial score (nSPS) is 12.9. The Kier molecular flexibility index (Phi) is 3.90. The van der Waals surface area contributed by atoms with Crippen LogP contribution < -0.4 is 10.9 Å². The number of hydrogen-bond donors (Lipinski definition) is 1. The summed E-state index contributed by atoms with van der Waals surface area (Å²) >= 11 is 0. The molecule has 0 saturated heterocycles. The summed E-state index contributed by atoms with van der Waals surface area (Å²) in [6.07, 6.45) is 1.40. The van der Waals surface area contributed by atoms with Crippen molar-refractivity contribution in [1.29, 1.82) is 0 Å². The fraction of sp³-hybridized carbons (Fsp3) is 0.353. The number of amides is 1. The molecule has 1 aromatic carbocycles. The van der Waals surface area contributed by atoms with E-state index >= 15 is 0 Å². The molecule has 2 heterocycles. The maximum Gasteiger partial charge on any atom is 0.297 e. The van der Waals surface area contributed by atoms with Crippen LogP contribution in [-0.4, -0.2) is 21.5 Å². The molecule has 3 rings (SSSR count). The minimum absolute atomic E-state index is 0.0427. The monoisotopic (exact) mass is 313 g/mol. The number of hydrogen-bond acceptors (Lipinski definition) is 4. The fourth-order valence-electron chi connectivity index (χ4n) is 2.35. The number of nitrogens with zero attached hydrogens (tertiary/aromatic N) is 2. The second kappa shape index (κ2) is 5.87. The van der Waals surface area contributed by atoms with Crippen molar-refractivity contribution in [2.45, 2.75) is 33.4 Å². The molecule has 0 radical (unpaired) electrons.